The minimum atomic E-state index is -0.612. The van der Waals surface area contributed by atoms with Crippen LogP contribution in [0.15, 0.2) is 191 Å². The van der Waals surface area contributed by atoms with Crippen LogP contribution in [0, 0.1) is 0 Å². The highest BCUT2D eigenvalue weighted by Crippen LogP contribution is 2.63. The van der Waals surface area contributed by atoms with Crippen molar-refractivity contribution in [3.8, 4) is 67.4 Å². The summed E-state index contributed by atoms with van der Waals surface area (Å²) >= 11 is 0. The minimum Gasteiger partial charge on any atom is -0.436 e. The lowest BCUT2D eigenvalue weighted by atomic mass is 9.70. The van der Waals surface area contributed by atoms with E-state index in [-0.39, 0.29) is 35.3 Å². The molecule has 0 saturated heterocycles. The Balaban J connectivity index is 1.06. The van der Waals surface area contributed by atoms with Crippen molar-refractivity contribution in [2.45, 2.75) is 5.41 Å². The fourth-order valence-corrected chi connectivity index (χ4v) is 8.86. The summed E-state index contributed by atoms with van der Waals surface area (Å²) in [7, 11) is 0. The summed E-state index contributed by atoms with van der Waals surface area (Å²) in [5.41, 5.74) is 13.9. The Morgan fingerprint density at radius 1 is 0.364 bits per heavy atom. The van der Waals surface area contributed by atoms with Crippen LogP contribution in [0.5, 0.6) is 0 Å². The van der Waals surface area contributed by atoms with E-state index in [1.807, 2.05) is 60.7 Å². The number of nitrogens with zero attached hydrogens (tertiary/aromatic N) is 2. The van der Waals surface area contributed by atoms with Crippen LogP contribution in [0.3, 0.4) is 0 Å². The number of oxazole rings is 2. The zero-order chi connectivity index (χ0) is 39.6. The second kappa shape index (κ2) is 11.3. The Kier molecular flexibility index (Phi) is 5.46. The first-order valence-electron chi connectivity index (χ1n) is 20.3. The SMILES string of the molecule is [2H]c1c([2H])c(-c2ccc3c(c2)C2(c4ccccc4-c4ccccc42)c2ccccc2-3)c([2H])c([2H])c1-c1cc(-c2nc3ccccc3o2)cc(-c2nc3ccccc3o2)c1. The number of hydrogen-bond acceptors (Lipinski definition) is 4. The van der Waals surface area contributed by atoms with Gasteiger partial charge in [-0.05, 0) is 115 Å². The van der Waals surface area contributed by atoms with E-state index in [9.17, 15) is 5.48 Å². The van der Waals surface area contributed by atoms with Crippen LogP contribution < -0.4 is 0 Å². The molecule has 0 unspecified atom stereocenters. The Morgan fingerprint density at radius 2 is 0.782 bits per heavy atom. The highest BCUT2D eigenvalue weighted by molar-refractivity contribution is 5.96. The van der Waals surface area contributed by atoms with Crippen LogP contribution in [0.4, 0.5) is 0 Å². The molecule has 2 heterocycles. The Labute approximate surface area is 322 Å². The molecule has 256 valence electrons. The Hall–Kier alpha value is -7.30. The van der Waals surface area contributed by atoms with Gasteiger partial charge < -0.3 is 8.83 Å². The van der Waals surface area contributed by atoms with Crippen molar-refractivity contribution in [3.63, 3.8) is 0 Å². The maximum absolute atomic E-state index is 9.55. The number of hydrogen-bond donors (Lipinski definition) is 0. The molecular weight excluding hydrogens is 673 g/mol. The van der Waals surface area contributed by atoms with Gasteiger partial charge in [-0.3, -0.25) is 0 Å². The molecule has 0 bridgehead atoms. The minimum absolute atomic E-state index is 0.131. The fraction of sp³-hybridized carbons (Fsp3) is 0.0196. The molecule has 0 fully saturated rings. The van der Waals surface area contributed by atoms with Crippen LogP contribution in [-0.2, 0) is 5.41 Å². The summed E-state index contributed by atoms with van der Waals surface area (Å²) in [6.07, 6.45) is 0. The molecule has 0 radical (unpaired) electrons. The van der Waals surface area contributed by atoms with Gasteiger partial charge in [0.25, 0.3) is 0 Å². The van der Waals surface area contributed by atoms with Gasteiger partial charge in [0.05, 0.1) is 10.9 Å². The lowest BCUT2D eigenvalue weighted by Gasteiger charge is -2.30. The zero-order valence-corrected chi connectivity index (χ0v) is 29.2. The molecule has 55 heavy (non-hydrogen) atoms. The van der Waals surface area contributed by atoms with Gasteiger partial charge in [0.2, 0.25) is 11.8 Å². The topological polar surface area (TPSA) is 52.1 Å². The quantitative estimate of drug-likeness (QED) is 0.183. The second-order valence-corrected chi connectivity index (χ2v) is 14.2. The number of fused-ring (bicyclic) bond motifs is 12. The van der Waals surface area contributed by atoms with Crippen LogP contribution in [0.2, 0.25) is 0 Å². The largest absolute Gasteiger partial charge is 0.436 e. The number of para-hydroxylation sites is 4. The van der Waals surface area contributed by atoms with Gasteiger partial charge in [0.15, 0.2) is 11.2 Å². The van der Waals surface area contributed by atoms with Crippen molar-refractivity contribution < 1.29 is 14.3 Å². The van der Waals surface area contributed by atoms with Crippen LogP contribution in [-0.4, -0.2) is 9.97 Å². The third-order valence-electron chi connectivity index (χ3n) is 11.2. The Bertz CT molecular complexity index is 3170. The highest BCUT2D eigenvalue weighted by atomic mass is 16.4. The summed E-state index contributed by atoms with van der Waals surface area (Å²) in [5, 5.41) is 0. The average Bonchev–Trinajstić information content (AvgIpc) is 4.05. The molecule has 4 heteroatoms. The number of benzene rings is 8. The van der Waals surface area contributed by atoms with E-state index in [0.717, 1.165) is 16.7 Å². The van der Waals surface area contributed by atoms with E-state index < -0.39 is 5.41 Å². The summed E-state index contributed by atoms with van der Waals surface area (Å²) in [6, 6.07) is 51.7. The van der Waals surface area contributed by atoms with Crippen molar-refractivity contribution in [2.24, 2.45) is 0 Å². The summed E-state index contributed by atoms with van der Waals surface area (Å²) in [5.74, 6) is 0.695. The van der Waals surface area contributed by atoms with Crippen LogP contribution in [0.1, 0.15) is 27.7 Å². The molecular formula is C51H30N2O2. The van der Waals surface area contributed by atoms with Crippen molar-refractivity contribution in [1.29, 1.82) is 0 Å². The predicted molar refractivity (Wildman–Crippen MR) is 220 cm³/mol. The third kappa shape index (κ3) is 4.34. The van der Waals surface area contributed by atoms with Crippen molar-refractivity contribution in [3.05, 3.63) is 204 Å². The first kappa shape index (κ1) is 26.5. The molecule has 0 atom stereocenters. The molecule has 10 aromatic rings. The van der Waals surface area contributed by atoms with Gasteiger partial charge in [0.1, 0.15) is 11.0 Å². The first-order valence-corrected chi connectivity index (χ1v) is 18.3. The molecule has 0 N–H and O–H groups in total. The number of aromatic nitrogens is 2. The molecule has 0 amide bonds. The van der Waals surface area contributed by atoms with E-state index in [4.69, 9.17) is 18.8 Å². The number of rotatable bonds is 4. The summed E-state index contributed by atoms with van der Waals surface area (Å²) in [6.45, 7) is 0. The third-order valence-corrected chi connectivity index (χ3v) is 11.2. The van der Waals surface area contributed by atoms with Crippen LogP contribution in [0.25, 0.3) is 89.6 Å². The summed E-state index contributed by atoms with van der Waals surface area (Å²) < 4.78 is 50.5. The molecule has 12 rings (SSSR count). The molecule has 2 aliphatic carbocycles. The first-order chi connectivity index (χ1) is 28.9. The second-order valence-electron chi connectivity index (χ2n) is 14.2. The maximum Gasteiger partial charge on any atom is 0.227 e. The van der Waals surface area contributed by atoms with E-state index in [1.165, 1.54) is 27.8 Å². The smallest absolute Gasteiger partial charge is 0.227 e. The van der Waals surface area contributed by atoms with Gasteiger partial charge in [0, 0.05) is 11.1 Å². The fourth-order valence-electron chi connectivity index (χ4n) is 8.86. The molecule has 0 saturated carbocycles. The molecule has 2 aliphatic rings. The van der Waals surface area contributed by atoms with E-state index in [2.05, 4.69) is 84.9 Å². The van der Waals surface area contributed by atoms with Crippen molar-refractivity contribution >= 4 is 22.2 Å². The maximum atomic E-state index is 9.55. The molecule has 0 aliphatic heterocycles. The summed E-state index contributed by atoms with van der Waals surface area (Å²) in [4.78, 5) is 9.49. The monoisotopic (exact) mass is 706 g/mol. The standard InChI is InChI=1S/C51H30N2O2/c1-4-14-41-37(11-1)38-12-2-5-15-42(38)51(41)43-16-6-3-13-39(43)40-26-25-33(30-44(40)51)31-21-23-32(24-22-31)34-27-35(49-52-45-17-7-9-19-47(45)54-49)29-36(28-34)50-53-46-18-8-10-20-48(46)55-50/h1-30H/i21D,22D,23D,24D. The average molecular weight is 707 g/mol. The van der Waals surface area contributed by atoms with Crippen molar-refractivity contribution in [2.75, 3.05) is 0 Å². The molecule has 2 aromatic heterocycles. The van der Waals surface area contributed by atoms with Gasteiger partial charge >= 0.3 is 0 Å². The van der Waals surface area contributed by atoms with Gasteiger partial charge in [-0.15, -0.1) is 0 Å². The lowest BCUT2D eigenvalue weighted by Crippen LogP contribution is -2.25. The van der Waals surface area contributed by atoms with E-state index in [1.54, 1.807) is 12.1 Å². The van der Waals surface area contributed by atoms with E-state index >= 15 is 0 Å². The van der Waals surface area contributed by atoms with Gasteiger partial charge in [-0.1, -0.05) is 133 Å². The van der Waals surface area contributed by atoms with E-state index in [0.29, 0.717) is 56.2 Å². The van der Waals surface area contributed by atoms with Crippen molar-refractivity contribution in [1.82, 2.24) is 9.97 Å². The molecule has 1 spiro atoms. The Morgan fingerprint density at radius 3 is 1.29 bits per heavy atom. The molecule has 4 nitrogen and oxygen atoms in total. The predicted octanol–water partition coefficient (Wildman–Crippen LogP) is 13.0. The van der Waals surface area contributed by atoms with Gasteiger partial charge in [-0.2, -0.15) is 0 Å². The van der Waals surface area contributed by atoms with Gasteiger partial charge in [-0.25, -0.2) is 9.97 Å². The normalized spacial score (nSPS) is 14.3. The molecule has 8 aromatic carbocycles. The lowest BCUT2D eigenvalue weighted by molar-refractivity contribution is 0.617. The zero-order valence-electron chi connectivity index (χ0n) is 33.2. The highest BCUT2D eigenvalue weighted by Gasteiger charge is 2.51. The van der Waals surface area contributed by atoms with Crippen LogP contribution >= 0.6 is 0 Å².